The van der Waals surface area contributed by atoms with Crippen LogP contribution in [0, 0.1) is 68.8 Å². The van der Waals surface area contributed by atoms with Crippen LogP contribution in [-0.2, 0) is 12.4 Å². The number of imidazole rings is 4. The van der Waals surface area contributed by atoms with Gasteiger partial charge in [0.2, 0.25) is 0 Å². The summed E-state index contributed by atoms with van der Waals surface area (Å²) >= 11 is 25.4. The molecule has 16 aromatic rings. The van der Waals surface area contributed by atoms with Crippen molar-refractivity contribution in [1.82, 2.24) is 60.3 Å². The molecule has 0 amide bonds. The molecular weight excluding hydrogens is 1890 g/mol. The highest BCUT2D eigenvalue weighted by atomic mass is 35.5. The van der Waals surface area contributed by atoms with E-state index < -0.39 is 35.1 Å². The van der Waals surface area contributed by atoms with E-state index in [1.54, 1.807) is 24.3 Å². The van der Waals surface area contributed by atoms with Crippen LogP contribution >= 0.6 is 46.4 Å². The molecule has 2 saturated carbocycles. The molecule has 142 heavy (non-hydrogen) atoms. The lowest BCUT2D eigenvalue weighted by Gasteiger charge is -2.29. The van der Waals surface area contributed by atoms with Crippen molar-refractivity contribution in [1.29, 1.82) is 21.0 Å². The van der Waals surface area contributed by atoms with Crippen LogP contribution in [0.4, 0.5) is 35.1 Å². The Morgan fingerprint density at radius 3 is 0.873 bits per heavy atom. The normalized spacial score (nSPS) is 15.3. The zero-order valence-corrected chi connectivity index (χ0v) is 79.8. The number of hydrogen-bond acceptors (Lipinski definition) is 12. The molecule has 0 atom stereocenters. The molecule has 0 bridgehead atoms. The van der Waals surface area contributed by atoms with Crippen LogP contribution in [-0.4, -0.2) is 115 Å². The van der Waals surface area contributed by atoms with E-state index in [1.807, 2.05) is 146 Å². The minimum Gasteiger partial charge on any atom is -0.338 e. The number of aromatic amines is 4. The predicted octanol–water partition coefficient (Wildman–Crippen LogP) is 28.3. The summed E-state index contributed by atoms with van der Waals surface area (Å²) in [5.41, 5.74) is 24.5. The Balaban J connectivity index is 0.000000120. The second-order valence-corrected chi connectivity index (χ2v) is 38.3. The van der Waals surface area contributed by atoms with E-state index in [0.29, 0.717) is 54.0 Å². The Morgan fingerprint density at radius 2 is 0.599 bits per heavy atom. The smallest absolute Gasteiger partial charge is 0.338 e. The van der Waals surface area contributed by atoms with Crippen molar-refractivity contribution in [2.75, 3.05) is 65.4 Å². The fourth-order valence-electron chi connectivity index (χ4n) is 19.3. The van der Waals surface area contributed by atoms with E-state index in [-0.39, 0.29) is 22.1 Å². The molecule has 12 aromatic carbocycles. The highest BCUT2D eigenvalue weighted by Crippen LogP contribution is 2.45. The summed E-state index contributed by atoms with van der Waals surface area (Å²) in [5, 5.41) is 45.9. The van der Waals surface area contributed by atoms with Crippen molar-refractivity contribution in [2.24, 2.45) is 11.8 Å². The Bertz CT molecular complexity index is 7770. The Kier molecular flexibility index (Phi) is 28.9. The number of nitriles is 4. The van der Waals surface area contributed by atoms with Crippen LogP contribution in [0.3, 0.4) is 0 Å². The molecule has 4 saturated heterocycles. The Hall–Kier alpha value is -14.1. The molecule has 712 valence electrons. The van der Waals surface area contributed by atoms with E-state index >= 15 is 0 Å². The number of halogens is 12. The quantitative estimate of drug-likeness (QED) is 0.0495. The van der Waals surface area contributed by atoms with Crippen molar-refractivity contribution in [3.05, 3.63) is 376 Å². The first kappa shape index (κ1) is 96.7. The van der Waals surface area contributed by atoms with Gasteiger partial charge in [0.1, 0.15) is 46.0 Å². The number of benzene rings is 12. The number of hydrogen-bond donors (Lipinski definition) is 6. The van der Waals surface area contributed by atoms with Gasteiger partial charge in [0.05, 0.1) is 101 Å². The highest BCUT2D eigenvalue weighted by molar-refractivity contribution is 6.39. The minimum atomic E-state index is -4.79. The van der Waals surface area contributed by atoms with Gasteiger partial charge in [-0.1, -0.05) is 214 Å². The summed E-state index contributed by atoms with van der Waals surface area (Å²) in [6, 6.07) is 81.9. The number of likely N-dealkylation sites (tertiary alicyclic amines) is 2. The first-order valence-corrected chi connectivity index (χ1v) is 48.7. The number of fused-ring (bicyclic) bond motifs is 4. The first-order chi connectivity index (χ1) is 68.8. The molecule has 0 spiro atoms. The fourth-order valence-corrected chi connectivity index (χ4v) is 20.3. The average Bonchev–Trinajstić information content (AvgIpc) is 1.62. The molecule has 6 N–H and O–H groups in total. The summed E-state index contributed by atoms with van der Waals surface area (Å²) in [6.07, 6.45) is 2.94. The van der Waals surface area contributed by atoms with E-state index in [0.717, 1.165) is 275 Å². The van der Waals surface area contributed by atoms with Gasteiger partial charge in [0.25, 0.3) is 0 Å². The van der Waals surface area contributed by atoms with Crippen LogP contribution in [0.5, 0.6) is 0 Å². The van der Waals surface area contributed by atoms with Crippen LogP contribution in [0.25, 0.3) is 111 Å². The maximum Gasteiger partial charge on any atom is 0.419 e. The van der Waals surface area contributed by atoms with Crippen LogP contribution in [0.15, 0.2) is 265 Å². The van der Waals surface area contributed by atoms with E-state index in [2.05, 4.69) is 123 Å². The van der Waals surface area contributed by atoms with Crippen molar-refractivity contribution >= 4 is 113 Å². The molecule has 28 heteroatoms. The second-order valence-electron chi connectivity index (χ2n) is 36.6. The first-order valence-electron chi connectivity index (χ1n) is 47.2. The lowest BCUT2D eigenvalue weighted by Crippen LogP contribution is -2.32. The number of nitrogens with zero attached hydrogens (tertiary/aromatic N) is 10. The number of piperidine rings is 4. The summed E-state index contributed by atoms with van der Waals surface area (Å²) in [4.78, 5) is 36.9. The average molecular weight is 1980 g/mol. The van der Waals surface area contributed by atoms with Crippen molar-refractivity contribution in [3.8, 4) is 68.8 Å². The molecule has 16 nitrogen and oxygen atoms in total. The number of aromatic nitrogens is 8. The van der Waals surface area contributed by atoms with Crippen molar-refractivity contribution in [3.63, 3.8) is 0 Å². The number of H-pyrrole nitrogens is 4. The fraction of sp³-hybridized carbons (Fsp3) is 0.228. The molecule has 6 fully saturated rings. The number of alkyl halides is 6. The predicted molar refractivity (Wildman–Crippen MR) is 546 cm³/mol. The third-order valence-electron chi connectivity index (χ3n) is 26.9. The van der Waals surface area contributed by atoms with Gasteiger partial charge in [0, 0.05) is 83.7 Å². The standard InChI is InChI=1S/C31H26F4N4.C30H26Cl2N4.C27H20F4N4.C26H20Cl2N4/c32-26-16-28-27(15-25(26)31(33,34)35)37-30(38-28)29(23-10-12-39(13-11-23)18-19-4-5-19)22-8-6-21(7-9-22)24-3-1-2-20(14-24)17-36;31-25-15-26(32)29-27(16-25)34-30(35-29)28(23-10-12-36(13-11-23)18-19-4-5-19)22-8-6-21(7-9-22)24-3-1-2-20(14-24)17-33;28-22-14-24-23(13-21(22)27(29,30)31)34-26(35-24)25(19-8-10-33-11-9-19)18-6-4-17(5-7-18)20-3-1-2-16(12-20)15-32;27-21-13-22(28)25-23(14-21)31-26(32-25)24(19-8-10-30-11-9-19)18-6-4-17(5-7-18)20-3-1-2-16(12-20)15-29/h1-3,6-9,14-16,19H,4-5,10-13,18H2,(H,37,38);1-3,6-9,14-16,19H,4-5,10-13,18H2,(H,34,35);1-7,12-14,33H,8-11H2,(H,34,35);1-7,12-14,30H,8-11H2,(H,31,32). The van der Waals surface area contributed by atoms with Gasteiger partial charge in [0.15, 0.2) is 0 Å². The lowest BCUT2D eigenvalue weighted by atomic mass is 9.91. The monoisotopic (exact) mass is 1980 g/mol. The van der Waals surface area contributed by atoms with Crippen molar-refractivity contribution < 1.29 is 35.1 Å². The molecule has 0 unspecified atom stereocenters. The van der Waals surface area contributed by atoms with Crippen molar-refractivity contribution in [2.45, 2.75) is 89.4 Å². The van der Waals surface area contributed by atoms with Gasteiger partial charge in [-0.3, -0.25) is 0 Å². The molecule has 0 radical (unpaired) electrons. The summed E-state index contributed by atoms with van der Waals surface area (Å²) in [5.74, 6) is 1.52. The van der Waals surface area contributed by atoms with Crippen LogP contribution < -0.4 is 10.6 Å². The van der Waals surface area contributed by atoms with Crippen LogP contribution in [0.2, 0.25) is 20.1 Å². The van der Waals surface area contributed by atoms with Gasteiger partial charge in [-0.2, -0.15) is 47.4 Å². The van der Waals surface area contributed by atoms with E-state index in [4.69, 9.17) is 56.4 Å². The minimum absolute atomic E-state index is 0.130. The van der Waals surface area contributed by atoms with Gasteiger partial charge >= 0.3 is 12.4 Å². The molecule has 4 aliphatic heterocycles. The van der Waals surface area contributed by atoms with Gasteiger partial charge in [-0.05, 0) is 267 Å². The van der Waals surface area contributed by atoms with Gasteiger partial charge in [-0.15, -0.1) is 0 Å². The summed E-state index contributed by atoms with van der Waals surface area (Å²) < 4.78 is 108. The number of nitrogens with one attached hydrogen (secondary N) is 6. The molecule has 4 aromatic heterocycles. The van der Waals surface area contributed by atoms with Gasteiger partial charge in [-0.25, -0.2) is 28.7 Å². The molecule has 6 aliphatic rings. The number of rotatable bonds is 16. The third-order valence-corrected chi connectivity index (χ3v) is 27.9. The van der Waals surface area contributed by atoms with Gasteiger partial charge < -0.3 is 40.4 Å². The maximum atomic E-state index is 14.3. The summed E-state index contributed by atoms with van der Waals surface area (Å²) in [7, 11) is 0. The van der Waals surface area contributed by atoms with E-state index in [1.165, 1.54) is 48.9 Å². The SMILES string of the molecule is N#Cc1cccc(-c2ccc(C(=C3CCN(CC4CC4)CC3)c3nc4c(Cl)cc(Cl)cc4[nH]3)cc2)c1.N#Cc1cccc(-c2ccc(C(=C3CCN(CC4CC4)CC3)c3nc4cc(F)c(C(F)(F)F)cc4[nH]3)cc2)c1.N#Cc1cccc(-c2ccc(C(=C3CCNCC3)c3nc4c(Cl)cc(Cl)cc4[nH]3)cc2)c1.N#Cc1cccc(-c2ccc(C(=C3CCNCC3)c3nc4cc(F)c(C(F)(F)F)cc4[nH]3)cc2)c1. The second kappa shape index (κ2) is 42.4. The topological polar surface area (TPSA) is 240 Å². The van der Waals surface area contributed by atoms with E-state index in [9.17, 15) is 56.2 Å². The lowest BCUT2D eigenvalue weighted by molar-refractivity contribution is -0.140. The zero-order valence-electron chi connectivity index (χ0n) is 76.8. The molecule has 22 rings (SSSR count). The maximum absolute atomic E-state index is 14.3. The molecule has 8 heterocycles. The largest absolute Gasteiger partial charge is 0.419 e. The third kappa shape index (κ3) is 22.4. The Morgan fingerprint density at radius 1 is 0.324 bits per heavy atom. The van der Waals surface area contributed by atoms with Crippen LogP contribution in [0.1, 0.15) is 156 Å². The summed E-state index contributed by atoms with van der Waals surface area (Å²) in [6.45, 7) is 9.82. The highest BCUT2D eigenvalue weighted by Gasteiger charge is 2.38. The zero-order chi connectivity index (χ0) is 98.5. The molecule has 2 aliphatic carbocycles. The molecular formula is C114H92Cl4F8N16. The Labute approximate surface area is 834 Å².